The molecule has 0 aliphatic rings. The van der Waals surface area contributed by atoms with Crippen LogP contribution in [0.15, 0.2) is 28.8 Å². The fraction of sp³-hybridized carbons (Fsp3) is 0.167. The molecule has 0 spiro atoms. The number of carboxylic acid groups (broad SMARTS) is 1. The van der Waals surface area contributed by atoms with Crippen LogP contribution in [0.2, 0.25) is 0 Å². The summed E-state index contributed by atoms with van der Waals surface area (Å²) in [5.41, 5.74) is 1.32. The number of aryl methyl sites for hydroxylation is 1. The van der Waals surface area contributed by atoms with Crippen LogP contribution in [0.1, 0.15) is 5.56 Å². The first-order chi connectivity index (χ1) is 8.43. The SMILES string of the molecule is COc1cc(Br)cc(C)c1NC(=O)/C=C/C(=O)O. The Labute approximate surface area is 113 Å². The third-order valence-corrected chi connectivity index (χ3v) is 2.57. The molecule has 0 aliphatic carbocycles. The lowest BCUT2D eigenvalue weighted by molar-refractivity contribution is -0.131. The molecular weight excluding hydrogens is 302 g/mol. The molecule has 0 bridgehead atoms. The van der Waals surface area contributed by atoms with E-state index >= 15 is 0 Å². The largest absolute Gasteiger partial charge is 0.495 e. The molecule has 0 fully saturated rings. The van der Waals surface area contributed by atoms with Gasteiger partial charge in [0.05, 0.1) is 12.8 Å². The normalized spacial score (nSPS) is 10.4. The number of nitrogens with one attached hydrogen (secondary N) is 1. The van der Waals surface area contributed by atoms with E-state index in [0.29, 0.717) is 11.4 Å². The minimum absolute atomic E-state index is 0.499. The fourth-order valence-corrected chi connectivity index (χ4v) is 1.90. The number of hydrogen-bond donors (Lipinski definition) is 2. The van der Waals surface area contributed by atoms with Gasteiger partial charge in [0.15, 0.2) is 0 Å². The Morgan fingerprint density at radius 3 is 2.61 bits per heavy atom. The standard InChI is InChI=1S/C12H12BrNO4/c1-7-5-8(13)6-9(18-2)12(7)14-10(15)3-4-11(16)17/h3-6H,1-2H3,(H,14,15)(H,16,17)/b4-3+. The maximum Gasteiger partial charge on any atom is 0.328 e. The molecule has 0 unspecified atom stereocenters. The van der Waals surface area contributed by atoms with E-state index in [0.717, 1.165) is 22.2 Å². The Morgan fingerprint density at radius 2 is 2.06 bits per heavy atom. The summed E-state index contributed by atoms with van der Waals surface area (Å²) in [5.74, 6) is -1.20. The molecule has 6 heteroatoms. The van der Waals surface area contributed by atoms with Crippen LogP contribution in [-0.2, 0) is 9.59 Å². The topological polar surface area (TPSA) is 75.6 Å². The first kappa shape index (κ1) is 14.2. The van der Waals surface area contributed by atoms with Gasteiger partial charge in [-0.25, -0.2) is 4.79 Å². The quantitative estimate of drug-likeness (QED) is 0.837. The highest BCUT2D eigenvalue weighted by Gasteiger charge is 2.10. The molecule has 1 amide bonds. The van der Waals surface area contributed by atoms with Crippen molar-refractivity contribution in [3.8, 4) is 5.75 Å². The lowest BCUT2D eigenvalue weighted by Crippen LogP contribution is -2.11. The highest BCUT2D eigenvalue weighted by Crippen LogP contribution is 2.31. The van der Waals surface area contributed by atoms with Gasteiger partial charge in [-0.3, -0.25) is 4.79 Å². The van der Waals surface area contributed by atoms with E-state index < -0.39 is 11.9 Å². The van der Waals surface area contributed by atoms with Crippen molar-refractivity contribution in [2.75, 3.05) is 12.4 Å². The zero-order valence-corrected chi connectivity index (χ0v) is 11.4. The smallest absolute Gasteiger partial charge is 0.328 e. The number of carbonyl (C=O) groups is 2. The van der Waals surface area contributed by atoms with E-state index in [9.17, 15) is 9.59 Å². The van der Waals surface area contributed by atoms with Gasteiger partial charge in [-0.05, 0) is 24.6 Å². The van der Waals surface area contributed by atoms with E-state index in [1.807, 2.05) is 13.0 Å². The van der Waals surface area contributed by atoms with Gasteiger partial charge in [0.1, 0.15) is 5.75 Å². The van der Waals surface area contributed by atoms with Gasteiger partial charge in [0.2, 0.25) is 5.91 Å². The van der Waals surface area contributed by atoms with Gasteiger partial charge in [-0.15, -0.1) is 0 Å². The predicted octanol–water partition coefficient (Wildman–Crippen LogP) is 2.35. The Hall–Kier alpha value is -1.82. The Balaban J connectivity index is 2.97. The average Bonchev–Trinajstić information content (AvgIpc) is 2.29. The van der Waals surface area contributed by atoms with Crippen molar-refractivity contribution in [3.05, 3.63) is 34.3 Å². The predicted molar refractivity (Wildman–Crippen MR) is 70.8 cm³/mol. The van der Waals surface area contributed by atoms with Gasteiger partial charge < -0.3 is 15.2 Å². The second kappa shape index (κ2) is 6.20. The summed E-state index contributed by atoms with van der Waals surface area (Å²) < 4.78 is 5.98. The zero-order chi connectivity index (χ0) is 13.7. The van der Waals surface area contributed by atoms with Gasteiger partial charge in [0, 0.05) is 16.6 Å². The number of amides is 1. The first-order valence-corrected chi connectivity index (χ1v) is 5.79. The Bertz CT molecular complexity index is 511. The van der Waals surface area contributed by atoms with E-state index in [4.69, 9.17) is 9.84 Å². The summed E-state index contributed by atoms with van der Waals surface area (Å²) in [4.78, 5) is 21.8. The molecule has 5 nitrogen and oxygen atoms in total. The zero-order valence-electron chi connectivity index (χ0n) is 9.86. The summed E-state index contributed by atoms with van der Waals surface area (Å²) in [7, 11) is 1.49. The lowest BCUT2D eigenvalue weighted by atomic mass is 10.2. The van der Waals surface area contributed by atoms with Crippen LogP contribution in [0.3, 0.4) is 0 Å². The Morgan fingerprint density at radius 1 is 1.39 bits per heavy atom. The molecule has 0 aromatic heterocycles. The number of carboxylic acids is 1. The maximum atomic E-state index is 11.5. The third kappa shape index (κ3) is 3.89. The van der Waals surface area contributed by atoms with Crippen molar-refractivity contribution in [3.63, 3.8) is 0 Å². The van der Waals surface area contributed by atoms with Crippen LogP contribution in [0, 0.1) is 6.92 Å². The molecule has 0 radical (unpaired) electrons. The van der Waals surface area contributed by atoms with Crippen molar-refractivity contribution in [1.29, 1.82) is 0 Å². The molecular formula is C12H12BrNO4. The van der Waals surface area contributed by atoms with Crippen molar-refractivity contribution in [2.24, 2.45) is 0 Å². The number of halogens is 1. The third-order valence-electron chi connectivity index (χ3n) is 2.11. The summed E-state index contributed by atoms with van der Waals surface area (Å²) in [6.07, 6.45) is 1.72. The second-order valence-corrected chi connectivity index (χ2v) is 4.38. The number of rotatable bonds is 4. The molecule has 0 aliphatic heterocycles. The molecule has 0 saturated carbocycles. The molecule has 2 N–H and O–H groups in total. The minimum atomic E-state index is -1.18. The van der Waals surface area contributed by atoms with Crippen LogP contribution >= 0.6 is 15.9 Å². The number of benzene rings is 1. The van der Waals surface area contributed by atoms with Crippen molar-refractivity contribution in [1.82, 2.24) is 0 Å². The molecule has 18 heavy (non-hydrogen) atoms. The van der Waals surface area contributed by atoms with E-state index in [2.05, 4.69) is 21.2 Å². The second-order valence-electron chi connectivity index (χ2n) is 3.46. The van der Waals surface area contributed by atoms with Gasteiger partial charge in [-0.2, -0.15) is 0 Å². The van der Waals surface area contributed by atoms with Crippen LogP contribution in [0.25, 0.3) is 0 Å². The minimum Gasteiger partial charge on any atom is -0.495 e. The summed E-state index contributed by atoms with van der Waals surface area (Å²) >= 11 is 3.32. The van der Waals surface area contributed by atoms with Crippen LogP contribution < -0.4 is 10.1 Å². The lowest BCUT2D eigenvalue weighted by Gasteiger charge is -2.12. The molecule has 0 atom stereocenters. The number of ether oxygens (including phenoxy) is 1. The van der Waals surface area contributed by atoms with E-state index in [-0.39, 0.29) is 0 Å². The number of anilines is 1. The molecule has 1 rings (SSSR count). The molecule has 0 heterocycles. The van der Waals surface area contributed by atoms with E-state index in [1.54, 1.807) is 6.07 Å². The fourth-order valence-electron chi connectivity index (χ4n) is 1.35. The summed E-state index contributed by atoms with van der Waals surface area (Å²) in [6.45, 7) is 1.81. The van der Waals surface area contributed by atoms with Crippen molar-refractivity contribution in [2.45, 2.75) is 6.92 Å². The molecule has 1 aromatic carbocycles. The Kier molecular flexibility index (Phi) is 4.91. The van der Waals surface area contributed by atoms with E-state index in [1.165, 1.54) is 7.11 Å². The first-order valence-electron chi connectivity index (χ1n) is 5.00. The average molecular weight is 314 g/mol. The highest BCUT2D eigenvalue weighted by molar-refractivity contribution is 9.10. The van der Waals surface area contributed by atoms with Crippen LogP contribution in [-0.4, -0.2) is 24.1 Å². The number of hydrogen-bond acceptors (Lipinski definition) is 3. The molecule has 1 aromatic rings. The summed E-state index contributed by atoms with van der Waals surface area (Å²) in [5, 5.41) is 11.0. The number of carbonyl (C=O) groups excluding carboxylic acids is 1. The van der Waals surface area contributed by atoms with Crippen molar-refractivity contribution < 1.29 is 19.4 Å². The van der Waals surface area contributed by atoms with Gasteiger partial charge in [-0.1, -0.05) is 15.9 Å². The van der Waals surface area contributed by atoms with Crippen molar-refractivity contribution >= 4 is 33.5 Å². The summed E-state index contributed by atoms with van der Waals surface area (Å²) in [6, 6.07) is 3.53. The van der Waals surface area contributed by atoms with Gasteiger partial charge >= 0.3 is 5.97 Å². The number of methoxy groups -OCH3 is 1. The highest BCUT2D eigenvalue weighted by atomic mass is 79.9. The van der Waals surface area contributed by atoms with Gasteiger partial charge in [0.25, 0.3) is 0 Å². The molecule has 96 valence electrons. The van der Waals surface area contributed by atoms with Crippen LogP contribution in [0.4, 0.5) is 5.69 Å². The van der Waals surface area contributed by atoms with Crippen LogP contribution in [0.5, 0.6) is 5.75 Å². The number of aliphatic carboxylic acids is 1. The molecule has 0 saturated heterocycles. The monoisotopic (exact) mass is 313 g/mol. The maximum absolute atomic E-state index is 11.5.